The van der Waals surface area contributed by atoms with E-state index in [0.29, 0.717) is 29.5 Å². The van der Waals surface area contributed by atoms with E-state index in [1.165, 1.54) is 6.20 Å². The summed E-state index contributed by atoms with van der Waals surface area (Å²) in [6.45, 7) is 5.84. The second kappa shape index (κ2) is 7.45. The Morgan fingerprint density at radius 3 is 2.72 bits per heavy atom. The molecule has 8 heteroatoms. The summed E-state index contributed by atoms with van der Waals surface area (Å²) in [5.74, 6) is 0.473. The Morgan fingerprint density at radius 1 is 1.24 bits per heavy atom. The van der Waals surface area contributed by atoms with Crippen LogP contribution in [0.3, 0.4) is 0 Å². The summed E-state index contributed by atoms with van der Waals surface area (Å²) >= 11 is 12.1. The van der Waals surface area contributed by atoms with Gasteiger partial charge in [-0.1, -0.05) is 23.7 Å². The van der Waals surface area contributed by atoms with Gasteiger partial charge in [-0.3, -0.25) is 4.79 Å². The Kier molecular flexibility index (Phi) is 5.30. The fourth-order valence-corrected chi connectivity index (χ4v) is 3.30. The Hall–Kier alpha value is -2.05. The standard InChI is InChI=1S/C17H19Cl2N5O/c1-3-23-10-14(21-15-12(18)9-20-17(19)22-15)24(4-2)13-8-6-5-7-11(13)16(23)25/h5-9,14H,3-4,10H2,1-2H3,(H,20,21,22). The molecule has 1 amide bonds. The highest BCUT2D eigenvalue weighted by Crippen LogP contribution is 2.29. The number of halogens is 2. The summed E-state index contributed by atoms with van der Waals surface area (Å²) in [6, 6.07) is 7.63. The maximum absolute atomic E-state index is 12.8. The molecule has 0 bridgehead atoms. The SMILES string of the molecule is CCN1CC(Nc2nc(Cl)ncc2Cl)N(CC)c2ccccc2C1=O. The third-order valence-corrected chi connectivity index (χ3v) is 4.70. The van der Waals surface area contributed by atoms with Gasteiger partial charge in [0.15, 0.2) is 5.82 Å². The van der Waals surface area contributed by atoms with Crippen molar-refractivity contribution in [3.8, 4) is 0 Å². The number of carbonyl (C=O) groups is 1. The van der Waals surface area contributed by atoms with E-state index in [2.05, 4.69) is 20.2 Å². The van der Waals surface area contributed by atoms with Gasteiger partial charge >= 0.3 is 0 Å². The molecule has 1 aliphatic rings. The first-order valence-electron chi connectivity index (χ1n) is 8.14. The van der Waals surface area contributed by atoms with E-state index in [1.807, 2.05) is 43.0 Å². The molecule has 2 aromatic rings. The van der Waals surface area contributed by atoms with Crippen molar-refractivity contribution in [2.45, 2.75) is 20.0 Å². The summed E-state index contributed by atoms with van der Waals surface area (Å²) in [5, 5.41) is 3.82. The van der Waals surface area contributed by atoms with Crippen LogP contribution < -0.4 is 10.2 Å². The summed E-state index contributed by atoms with van der Waals surface area (Å²) in [4.78, 5) is 24.8. The lowest BCUT2D eigenvalue weighted by Crippen LogP contribution is -2.48. The van der Waals surface area contributed by atoms with Gasteiger partial charge < -0.3 is 15.1 Å². The number of hydrogen-bond acceptors (Lipinski definition) is 5. The van der Waals surface area contributed by atoms with Crippen molar-refractivity contribution in [3.63, 3.8) is 0 Å². The number of nitrogens with zero attached hydrogens (tertiary/aromatic N) is 4. The van der Waals surface area contributed by atoms with Crippen LogP contribution in [-0.4, -0.2) is 46.6 Å². The number of likely N-dealkylation sites (N-methyl/N-ethyl adjacent to an activating group) is 2. The molecule has 3 rings (SSSR count). The minimum Gasteiger partial charge on any atom is -0.349 e. The maximum Gasteiger partial charge on any atom is 0.256 e. The molecule has 1 N–H and O–H groups in total. The minimum absolute atomic E-state index is 0.0210. The van der Waals surface area contributed by atoms with Gasteiger partial charge in [-0.2, -0.15) is 4.98 Å². The van der Waals surface area contributed by atoms with Crippen molar-refractivity contribution < 1.29 is 4.79 Å². The van der Waals surface area contributed by atoms with Crippen molar-refractivity contribution in [3.05, 3.63) is 46.3 Å². The first-order chi connectivity index (χ1) is 12.0. The van der Waals surface area contributed by atoms with E-state index in [4.69, 9.17) is 23.2 Å². The quantitative estimate of drug-likeness (QED) is 0.823. The molecule has 1 aliphatic heterocycles. The molecule has 6 nitrogen and oxygen atoms in total. The van der Waals surface area contributed by atoms with Crippen LogP contribution in [0.25, 0.3) is 0 Å². The van der Waals surface area contributed by atoms with Gasteiger partial charge in [0.2, 0.25) is 5.28 Å². The van der Waals surface area contributed by atoms with Crippen LogP contribution in [-0.2, 0) is 0 Å². The van der Waals surface area contributed by atoms with E-state index in [-0.39, 0.29) is 17.4 Å². The second-order valence-corrected chi connectivity index (χ2v) is 6.39. The summed E-state index contributed by atoms with van der Waals surface area (Å²) in [6.07, 6.45) is 1.27. The van der Waals surface area contributed by atoms with Gasteiger partial charge in [-0.15, -0.1) is 0 Å². The molecular weight excluding hydrogens is 361 g/mol. The van der Waals surface area contributed by atoms with Gasteiger partial charge in [-0.25, -0.2) is 4.98 Å². The van der Waals surface area contributed by atoms with Crippen molar-refractivity contribution in [2.24, 2.45) is 0 Å². The van der Waals surface area contributed by atoms with E-state index in [0.717, 1.165) is 12.2 Å². The molecule has 1 aromatic heterocycles. The van der Waals surface area contributed by atoms with E-state index >= 15 is 0 Å². The van der Waals surface area contributed by atoms with Crippen molar-refractivity contribution in [1.29, 1.82) is 0 Å². The van der Waals surface area contributed by atoms with Crippen LogP contribution in [0.4, 0.5) is 11.5 Å². The molecule has 1 aromatic carbocycles. The minimum atomic E-state index is -0.194. The van der Waals surface area contributed by atoms with Crippen LogP contribution in [0.15, 0.2) is 30.5 Å². The zero-order valence-corrected chi connectivity index (χ0v) is 15.6. The largest absolute Gasteiger partial charge is 0.349 e. The number of hydrogen-bond donors (Lipinski definition) is 1. The van der Waals surface area contributed by atoms with Gasteiger partial charge in [0.1, 0.15) is 11.2 Å². The Labute approximate surface area is 156 Å². The monoisotopic (exact) mass is 379 g/mol. The molecule has 132 valence electrons. The number of para-hydroxylation sites is 1. The predicted molar refractivity (Wildman–Crippen MR) is 101 cm³/mol. The van der Waals surface area contributed by atoms with Crippen molar-refractivity contribution >= 4 is 40.6 Å². The van der Waals surface area contributed by atoms with Gasteiger partial charge in [-0.05, 0) is 37.6 Å². The highest BCUT2D eigenvalue weighted by atomic mass is 35.5. The fourth-order valence-electron chi connectivity index (χ4n) is 3.03. The molecule has 0 saturated heterocycles. The van der Waals surface area contributed by atoms with E-state index < -0.39 is 0 Å². The Morgan fingerprint density at radius 2 is 2.00 bits per heavy atom. The zero-order chi connectivity index (χ0) is 18.0. The Balaban J connectivity index is 2.03. The number of benzene rings is 1. The van der Waals surface area contributed by atoms with Crippen LogP contribution in [0, 0.1) is 0 Å². The third-order valence-electron chi connectivity index (χ3n) is 4.24. The molecule has 2 heterocycles. The average Bonchev–Trinajstić information content (AvgIpc) is 2.73. The number of rotatable bonds is 4. The number of amides is 1. The van der Waals surface area contributed by atoms with Gasteiger partial charge in [0.25, 0.3) is 5.91 Å². The van der Waals surface area contributed by atoms with Crippen LogP contribution in [0.1, 0.15) is 24.2 Å². The fraction of sp³-hybridized carbons (Fsp3) is 0.353. The lowest BCUT2D eigenvalue weighted by Gasteiger charge is -2.34. The zero-order valence-electron chi connectivity index (χ0n) is 14.0. The number of fused-ring (bicyclic) bond motifs is 1. The topological polar surface area (TPSA) is 61.4 Å². The number of nitrogens with one attached hydrogen (secondary N) is 1. The lowest BCUT2D eigenvalue weighted by molar-refractivity contribution is 0.0766. The normalized spacial score (nSPS) is 17.3. The third kappa shape index (κ3) is 3.50. The summed E-state index contributed by atoms with van der Waals surface area (Å²) in [5.41, 5.74) is 1.59. The highest BCUT2D eigenvalue weighted by molar-refractivity contribution is 6.33. The lowest BCUT2D eigenvalue weighted by atomic mass is 10.1. The van der Waals surface area contributed by atoms with Crippen LogP contribution in [0.5, 0.6) is 0 Å². The summed E-state index contributed by atoms with van der Waals surface area (Å²) < 4.78 is 0. The number of aromatic nitrogens is 2. The molecule has 1 unspecified atom stereocenters. The van der Waals surface area contributed by atoms with E-state index in [1.54, 1.807) is 0 Å². The second-order valence-electron chi connectivity index (χ2n) is 5.64. The highest BCUT2D eigenvalue weighted by Gasteiger charge is 2.31. The van der Waals surface area contributed by atoms with Crippen LogP contribution in [0.2, 0.25) is 10.3 Å². The summed E-state index contributed by atoms with van der Waals surface area (Å²) in [7, 11) is 0. The molecule has 0 radical (unpaired) electrons. The van der Waals surface area contributed by atoms with Crippen molar-refractivity contribution in [1.82, 2.24) is 14.9 Å². The van der Waals surface area contributed by atoms with Gasteiger partial charge in [0, 0.05) is 13.1 Å². The molecule has 25 heavy (non-hydrogen) atoms. The molecule has 0 saturated carbocycles. The molecule has 1 atom stereocenters. The van der Waals surface area contributed by atoms with E-state index in [9.17, 15) is 4.79 Å². The molecule has 0 spiro atoms. The maximum atomic E-state index is 12.8. The average molecular weight is 380 g/mol. The van der Waals surface area contributed by atoms with Crippen molar-refractivity contribution in [2.75, 3.05) is 29.9 Å². The number of carbonyl (C=O) groups excluding carboxylic acids is 1. The predicted octanol–water partition coefficient (Wildman–Crippen LogP) is 3.52. The first-order valence-corrected chi connectivity index (χ1v) is 8.90. The smallest absolute Gasteiger partial charge is 0.256 e. The van der Waals surface area contributed by atoms with Crippen LogP contribution >= 0.6 is 23.2 Å². The number of anilines is 2. The molecule has 0 fully saturated rings. The molecule has 0 aliphatic carbocycles. The Bertz CT molecular complexity index is 785. The van der Waals surface area contributed by atoms with Gasteiger partial charge in [0.05, 0.1) is 24.0 Å². The molecular formula is C17H19Cl2N5O. The first kappa shape index (κ1) is 17.8.